The zero-order chi connectivity index (χ0) is 18.7. The van der Waals surface area contributed by atoms with Crippen molar-refractivity contribution in [1.29, 1.82) is 0 Å². The highest BCUT2D eigenvalue weighted by Gasteiger charge is 2.65. The third kappa shape index (κ3) is 3.70. The molecule has 0 aromatic rings. The van der Waals surface area contributed by atoms with Crippen LogP contribution in [0.3, 0.4) is 0 Å². The van der Waals surface area contributed by atoms with E-state index in [1.165, 1.54) is 0 Å². The number of likely N-dealkylation sites (tertiary alicyclic amines) is 1. The number of ether oxygens (including phenoxy) is 1. The van der Waals surface area contributed by atoms with Crippen molar-refractivity contribution in [2.75, 3.05) is 6.54 Å². The predicted octanol–water partition coefficient (Wildman–Crippen LogP) is 4.40. The molecule has 1 amide bonds. The minimum Gasteiger partial charge on any atom is -0.444 e. The molecule has 3 aliphatic rings. The van der Waals surface area contributed by atoms with Gasteiger partial charge >= 0.3 is 13.2 Å². The van der Waals surface area contributed by atoms with Crippen LogP contribution in [0.5, 0.6) is 0 Å². The standard InChI is InChI=1S/C19H34BNO4/c1-16(2,3)23-15(22)21-12-8-9-14(21)13-19(10-11-19)20-24-17(4,5)18(6,7)25-20/h14H,8-13H2,1-7H3. The third-order valence-electron chi connectivity index (χ3n) is 6.29. The minimum absolute atomic E-state index is 0.0559. The Morgan fingerprint density at radius 2 is 1.72 bits per heavy atom. The summed E-state index contributed by atoms with van der Waals surface area (Å²) in [6.07, 6.45) is 5.08. The second-order valence-corrected chi connectivity index (χ2v) is 10.1. The molecule has 2 aliphatic heterocycles. The monoisotopic (exact) mass is 351 g/mol. The number of rotatable bonds is 3. The molecule has 0 spiro atoms. The van der Waals surface area contributed by atoms with Crippen LogP contribution in [0.1, 0.15) is 80.6 Å². The summed E-state index contributed by atoms with van der Waals surface area (Å²) < 4.78 is 18.2. The van der Waals surface area contributed by atoms with Crippen LogP contribution < -0.4 is 0 Å². The van der Waals surface area contributed by atoms with Gasteiger partial charge in [0.05, 0.1) is 11.2 Å². The Kier molecular flexibility index (Phi) is 4.48. The fourth-order valence-electron chi connectivity index (χ4n) is 3.87. The Morgan fingerprint density at radius 1 is 1.16 bits per heavy atom. The van der Waals surface area contributed by atoms with E-state index in [9.17, 15) is 4.79 Å². The molecule has 25 heavy (non-hydrogen) atoms. The lowest BCUT2D eigenvalue weighted by atomic mass is 9.64. The third-order valence-corrected chi connectivity index (χ3v) is 6.29. The summed E-state index contributed by atoms with van der Waals surface area (Å²) in [5, 5.41) is 0.0559. The Labute approximate surface area is 152 Å². The lowest BCUT2D eigenvalue weighted by molar-refractivity contribution is 0.00578. The number of hydrogen-bond acceptors (Lipinski definition) is 4. The average Bonchev–Trinajstić information content (AvgIpc) is 2.97. The average molecular weight is 351 g/mol. The molecule has 0 aromatic heterocycles. The van der Waals surface area contributed by atoms with Gasteiger partial charge in [-0.05, 0) is 80.6 Å². The Morgan fingerprint density at radius 3 is 2.20 bits per heavy atom. The van der Waals surface area contributed by atoms with Crippen molar-refractivity contribution in [3.05, 3.63) is 0 Å². The highest BCUT2D eigenvalue weighted by atomic mass is 16.7. The maximum absolute atomic E-state index is 12.5. The van der Waals surface area contributed by atoms with Crippen LogP contribution in [0, 0.1) is 0 Å². The van der Waals surface area contributed by atoms with Gasteiger partial charge in [-0.25, -0.2) is 4.79 Å². The molecular formula is C19H34BNO4. The molecule has 2 saturated heterocycles. The molecule has 5 nitrogen and oxygen atoms in total. The summed E-state index contributed by atoms with van der Waals surface area (Å²) in [4.78, 5) is 14.5. The van der Waals surface area contributed by atoms with E-state index in [1.54, 1.807) is 0 Å². The summed E-state index contributed by atoms with van der Waals surface area (Å²) in [7, 11) is -0.168. The van der Waals surface area contributed by atoms with Crippen molar-refractivity contribution < 1.29 is 18.8 Å². The van der Waals surface area contributed by atoms with Gasteiger partial charge in [-0.3, -0.25) is 0 Å². The van der Waals surface area contributed by atoms with Crippen molar-refractivity contribution >= 4 is 13.2 Å². The number of hydrogen-bond donors (Lipinski definition) is 0. The van der Waals surface area contributed by atoms with Crippen LogP contribution in [0.2, 0.25) is 5.31 Å². The van der Waals surface area contributed by atoms with Gasteiger partial charge in [0, 0.05) is 17.9 Å². The van der Waals surface area contributed by atoms with Gasteiger partial charge in [-0.15, -0.1) is 0 Å². The lowest BCUT2D eigenvalue weighted by Gasteiger charge is -2.32. The van der Waals surface area contributed by atoms with Crippen molar-refractivity contribution in [1.82, 2.24) is 4.90 Å². The van der Waals surface area contributed by atoms with E-state index in [0.717, 1.165) is 38.6 Å². The van der Waals surface area contributed by atoms with Crippen LogP contribution in [-0.4, -0.2) is 47.5 Å². The first-order chi connectivity index (χ1) is 11.4. The molecule has 1 saturated carbocycles. The number of carbonyl (C=O) groups is 1. The van der Waals surface area contributed by atoms with E-state index in [-0.39, 0.29) is 35.8 Å². The summed E-state index contributed by atoms with van der Waals surface area (Å²) in [6.45, 7) is 15.0. The van der Waals surface area contributed by atoms with Crippen molar-refractivity contribution in [3.63, 3.8) is 0 Å². The molecule has 0 radical (unpaired) electrons. The fraction of sp³-hybridized carbons (Fsp3) is 0.947. The van der Waals surface area contributed by atoms with E-state index in [2.05, 4.69) is 27.7 Å². The van der Waals surface area contributed by atoms with Gasteiger partial charge in [0.15, 0.2) is 0 Å². The van der Waals surface area contributed by atoms with E-state index < -0.39 is 5.60 Å². The van der Waals surface area contributed by atoms with E-state index in [4.69, 9.17) is 14.0 Å². The van der Waals surface area contributed by atoms with Crippen molar-refractivity contribution in [2.45, 2.75) is 109 Å². The molecule has 1 unspecified atom stereocenters. The maximum atomic E-state index is 12.5. The fourth-order valence-corrected chi connectivity index (χ4v) is 3.87. The summed E-state index contributed by atoms with van der Waals surface area (Å²) >= 11 is 0. The maximum Gasteiger partial charge on any atom is 0.464 e. The Hall–Kier alpha value is -0.745. The van der Waals surface area contributed by atoms with Crippen LogP contribution in [0.25, 0.3) is 0 Å². The van der Waals surface area contributed by atoms with Gasteiger partial charge in [-0.1, -0.05) is 0 Å². The topological polar surface area (TPSA) is 48.0 Å². The van der Waals surface area contributed by atoms with Gasteiger partial charge in [0.25, 0.3) is 0 Å². The molecule has 1 atom stereocenters. The van der Waals surface area contributed by atoms with Gasteiger partial charge in [0.1, 0.15) is 5.60 Å². The molecular weight excluding hydrogens is 317 g/mol. The van der Waals surface area contributed by atoms with Crippen molar-refractivity contribution in [2.24, 2.45) is 0 Å². The normalized spacial score (nSPS) is 29.8. The molecule has 0 aromatic carbocycles. The second-order valence-electron chi connectivity index (χ2n) is 10.1. The number of amides is 1. The second kappa shape index (κ2) is 5.88. The van der Waals surface area contributed by atoms with Crippen LogP contribution in [-0.2, 0) is 14.0 Å². The molecule has 142 valence electrons. The Balaban J connectivity index is 1.66. The summed E-state index contributed by atoms with van der Waals surface area (Å²) in [5.74, 6) is 0. The van der Waals surface area contributed by atoms with Crippen LogP contribution in [0.4, 0.5) is 4.79 Å². The van der Waals surface area contributed by atoms with Crippen LogP contribution in [0.15, 0.2) is 0 Å². The van der Waals surface area contributed by atoms with E-state index in [1.807, 2.05) is 25.7 Å². The van der Waals surface area contributed by atoms with Gasteiger partial charge in [0.2, 0.25) is 0 Å². The molecule has 2 heterocycles. The smallest absolute Gasteiger partial charge is 0.444 e. The SMILES string of the molecule is CC(C)(C)OC(=O)N1CCCC1CC1(B2OC(C)(C)C(C)(C)O2)CC1. The number of nitrogens with zero attached hydrogens (tertiary/aromatic N) is 1. The summed E-state index contributed by atoms with van der Waals surface area (Å²) in [6, 6.07) is 0.233. The largest absolute Gasteiger partial charge is 0.464 e. The summed E-state index contributed by atoms with van der Waals surface area (Å²) in [5.41, 5.74) is -1.05. The van der Waals surface area contributed by atoms with E-state index >= 15 is 0 Å². The molecule has 0 N–H and O–H groups in total. The lowest BCUT2D eigenvalue weighted by Crippen LogP contribution is -2.41. The van der Waals surface area contributed by atoms with Crippen LogP contribution >= 0.6 is 0 Å². The molecule has 0 bridgehead atoms. The minimum atomic E-state index is -0.451. The van der Waals surface area contributed by atoms with Gasteiger partial charge in [-0.2, -0.15) is 0 Å². The first-order valence-electron chi connectivity index (χ1n) is 9.71. The Bertz CT molecular complexity index is 520. The van der Waals surface area contributed by atoms with Crippen molar-refractivity contribution in [3.8, 4) is 0 Å². The zero-order valence-corrected chi connectivity index (χ0v) is 17.0. The molecule has 6 heteroatoms. The first kappa shape index (κ1) is 19.0. The highest BCUT2D eigenvalue weighted by molar-refractivity contribution is 6.51. The number of carbonyl (C=O) groups excluding carboxylic acids is 1. The van der Waals surface area contributed by atoms with Gasteiger partial charge < -0.3 is 18.9 Å². The molecule has 3 rings (SSSR count). The quantitative estimate of drug-likeness (QED) is 0.707. The molecule has 1 aliphatic carbocycles. The van der Waals surface area contributed by atoms with E-state index in [0.29, 0.717) is 0 Å². The highest BCUT2D eigenvalue weighted by Crippen LogP contribution is 2.64. The molecule has 3 fully saturated rings. The first-order valence-corrected chi connectivity index (χ1v) is 9.71. The predicted molar refractivity (Wildman–Crippen MR) is 98.6 cm³/mol. The zero-order valence-electron chi connectivity index (χ0n) is 17.0.